The van der Waals surface area contributed by atoms with Gasteiger partial charge in [-0.3, -0.25) is 4.90 Å². The van der Waals surface area contributed by atoms with Crippen LogP contribution in [0.4, 0.5) is 10.1 Å². The highest BCUT2D eigenvalue weighted by Gasteiger charge is 2.28. The van der Waals surface area contributed by atoms with Crippen molar-refractivity contribution >= 4 is 5.69 Å². The van der Waals surface area contributed by atoms with E-state index in [4.69, 9.17) is 4.74 Å². The third kappa shape index (κ3) is 5.36. The molecule has 0 radical (unpaired) electrons. The highest BCUT2D eigenvalue weighted by atomic mass is 19.1. The Balaban J connectivity index is 1.29. The van der Waals surface area contributed by atoms with E-state index < -0.39 is 0 Å². The van der Waals surface area contributed by atoms with Gasteiger partial charge in [-0.05, 0) is 104 Å². The summed E-state index contributed by atoms with van der Waals surface area (Å²) in [5.41, 5.74) is 4.64. The fourth-order valence-electron chi connectivity index (χ4n) is 5.28. The number of hydrogen-bond donors (Lipinski definition) is 1. The maximum atomic E-state index is 13.6. The van der Waals surface area contributed by atoms with Crippen molar-refractivity contribution in [2.75, 3.05) is 37.7 Å². The number of ether oxygens (including phenoxy) is 1. The number of fused-ring (bicyclic) bond motifs is 1. The molecule has 0 spiro atoms. The van der Waals surface area contributed by atoms with Gasteiger partial charge in [0.1, 0.15) is 23.9 Å². The van der Waals surface area contributed by atoms with Gasteiger partial charge in [0, 0.05) is 18.8 Å². The molecule has 178 valence electrons. The van der Waals surface area contributed by atoms with Crippen LogP contribution in [0, 0.1) is 5.82 Å². The van der Waals surface area contributed by atoms with E-state index in [1.165, 1.54) is 61.2 Å². The molecule has 1 N–H and O–H groups in total. The monoisotopic (exact) mass is 460 g/mol. The highest BCUT2D eigenvalue weighted by molar-refractivity contribution is 5.53. The van der Waals surface area contributed by atoms with Crippen molar-refractivity contribution in [3.63, 3.8) is 0 Å². The molecule has 1 unspecified atom stereocenters. The van der Waals surface area contributed by atoms with E-state index in [0.29, 0.717) is 5.75 Å². The molecular weight excluding hydrogens is 427 g/mol. The predicted molar refractivity (Wildman–Crippen MR) is 134 cm³/mol. The molecule has 5 heteroatoms. The predicted octanol–water partition coefficient (Wildman–Crippen LogP) is 5.74. The Morgan fingerprint density at radius 3 is 2.41 bits per heavy atom. The normalized spacial score (nSPS) is 18.5. The van der Waals surface area contributed by atoms with E-state index in [1.807, 2.05) is 24.3 Å². The van der Waals surface area contributed by atoms with Crippen LogP contribution in [0.15, 0.2) is 66.7 Å². The molecule has 0 amide bonds. The second-order valence-electron chi connectivity index (χ2n) is 9.42. The summed E-state index contributed by atoms with van der Waals surface area (Å²) in [5, 5.41) is 9.99. The van der Waals surface area contributed by atoms with Gasteiger partial charge < -0.3 is 14.7 Å². The Morgan fingerprint density at radius 2 is 1.65 bits per heavy atom. The molecule has 0 saturated carbocycles. The number of halogens is 1. The van der Waals surface area contributed by atoms with Crippen molar-refractivity contribution < 1.29 is 14.2 Å². The largest absolute Gasteiger partial charge is 0.508 e. The lowest BCUT2D eigenvalue weighted by Crippen LogP contribution is -2.36. The van der Waals surface area contributed by atoms with E-state index in [-0.39, 0.29) is 11.9 Å². The average molecular weight is 461 g/mol. The van der Waals surface area contributed by atoms with Crippen LogP contribution in [0.3, 0.4) is 0 Å². The van der Waals surface area contributed by atoms with Gasteiger partial charge in [-0.1, -0.05) is 24.6 Å². The smallest absolute Gasteiger partial charge is 0.123 e. The minimum absolute atomic E-state index is 0.112. The minimum Gasteiger partial charge on any atom is -0.508 e. The quantitative estimate of drug-likeness (QED) is 0.488. The number of piperidine rings is 1. The van der Waals surface area contributed by atoms with Crippen LogP contribution in [0.25, 0.3) is 0 Å². The molecule has 1 atom stereocenters. The summed E-state index contributed by atoms with van der Waals surface area (Å²) in [4.78, 5) is 4.84. The summed E-state index contributed by atoms with van der Waals surface area (Å²) in [6.07, 6.45) is 5.62. The third-order valence-corrected chi connectivity index (χ3v) is 7.12. The van der Waals surface area contributed by atoms with Crippen molar-refractivity contribution in [2.45, 2.75) is 38.1 Å². The Kier molecular flexibility index (Phi) is 7.00. The van der Waals surface area contributed by atoms with Crippen molar-refractivity contribution in [1.82, 2.24) is 4.90 Å². The maximum absolute atomic E-state index is 13.6. The van der Waals surface area contributed by atoms with Gasteiger partial charge in [0.05, 0.1) is 6.04 Å². The second kappa shape index (κ2) is 10.5. The molecule has 1 fully saturated rings. The third-order valence-electron chi connectivity index (χ3n) is 7.12. The van der Waals surface area contributed by atoms with E-state index in [2.05, 4.69) is 34.1 Å². The van der Waals surface area contributed by atoms with E-state index in [1.54, 1.807) is 6.07 Å². The van der Waals surface area contributed by atoms with Crippen LogP contribution in [0.5, 0.6) is 11.5 Å². The van der Waals surface area contributed by atoms with Gasteiger partial charge in [0.15, 0.2) is 0 Å². The molecule has 2 aliphatic rings. The van der Waals surface area contributed by atoms with Gasteiger partial charge in [0.2, 0.25) is 0 Å². The molecular formula is C29H33FN2O2. The van der Waals surface area contributed by atoms with E-state index in [9.17, 15) is 9.50 Å². The van der Waals surface area contributed by atoms with Gasteiger partial charge in [0.25, 0.3) is 0 Å². The van der Waals surface area contributed by atoms with Gasteiger partial charge in [-0.15, -0.1) is 0 Å². The lowest BCUT2D eigenvalue weighted by molar-refractivity contribution is 0.183. The molecule has 5 rings (SSSR count). The van der Waals surface area contributed by atoms with Gasteiger partial charge in [-0.25, -0.2) is 4.39 Å². The van der Waals surface area contributed by atoms with Crippen LogP contribution in [0.1, 0.15) is 42.0 Å². The van der Waals surface area contributed by atoms with Crippen LogP contribution < -0.4 is 9.64 Å². The van der Waals surface area contributed by atoms with E-state index >= 15 is 0 Å². The fraction of sp³-hybridized carbons (Fsp3) is 0.379. The zero-order chi connectivity index (χ0) is 23.3. The van der Waals surface area contributed by atoms with Crippen molar-refractivity contribution in [1.29, 1.82) is 0 Å². The van der Waals surface area contributed by atoms with Crippen molar-refractivity contribution in [3.05, 3.63) is 89.2 Å². The molecule has 34 heavy (non-hydrogen) atoms. The topological polar surface area (TPSA) is 35.9 Å². The number of rotatable bonds is 7. The molecule has 0 aromatic heterocycles. The first-order chi connectivity index (χ1) is 16.7. The van der Waals surface area contributed by atoms with Crippen molar-refractivity contribution in [2.24, 2.45) is 0 Å². The summed E-state index contributed by atoms with van der Waals surface area (Å²) in [7, 11) is 0. The van der Waals surface area contributed by atoms with Crippen LogP contribution in [0.2, 0.25) is 0 Å². The van der Waals surface area contributed by atoms with Gasteiger partial charge in [-0.2, -0.15) is 0 Å². The zero-order valence-corrected chi connectivity index (χ0v) is 19.6. The first kappa shape index (κ1) is 22.7. The molecule has 0 aliphatic carbocycles. The molecule has 0 bridgehead atoms. The first-order valence-corrected chi connectivity index (χ1v) is 12.4. The zero-order valence-electron chi connectivity index (χ0n) is 19.6. The average Bonchev–Trinajstić information content (AvgIpc) is 2.86. The number of likely N-dealkylation sites (tertiary alicyclic amines) is 1. The summed E-state index contributed by atoms with van der Waals surface area (Å²) in [6, 6.07) is 21.0. The minimum atomic E-state index is -0.224. The summed E-state index contributed by atoms with van der Waals surface area (Å²) in [6.45, 7) is 4.91. The lowest BCUT2D eigenvalue weighted by Gasteiger charge is -2.39. The van der Waals surface area contributed by atoms with Crippen LogP contribution in [-0.4, -0.2) is 42.8 Å². The number of hydrogen-bond acceptors (Lipinski definition) is 4. The second-order valence-corrected chi connectivity index (χ2v) is 9.42. The lowest BCUT2D eigenvalue weighted by atomic mass is 9.88. The Bertz CT molecular complexity index is 1080. The number of benzene rings is 3. The number of aromatic hydroxyl groups is 1. The Morgan fingerprint density at radius 1 is 0.882 bits per heavy atom. The van der Waals surface area contributed by atoms with Gasteiger partial charge >= 0.3 is 0 Å². The molecule has 2 heterocycles. The Hall–Kier alpha value is -3.05. The molecule has 2 aliphatic heterocycles. The summed E-state index contributed by atoms with van der Waals surface area (Å²) < 4.78 is 19.6. The maximum Gasteiger partial charge on any atom is 0.123 e. The molecule has 4 nitrogen and oxygen atoms in total. The number of anilines is 1. The van der Waals surface area contributed by atoms with Crippen LogP contribution >= 0.6 is 0 Å². The molecule has 3 aromatic rings. The van der Waals surface area contributed by atoms with Crippen molar-refractivity contribution in [3.8, 4) is 11.5 Å². The SMILES string of the molecule is Oc1ccc2c(c1)CCN(c1ccc(F)cc1)C2Cc1ccc(OCCN2CCCCC2)cc1. The Labute approximate surface area is 201 Å². The fourth-order valence-corrected chi connectivity index (χ4v) is 5.28. The number of phenols is 1. The van der Waals surface area contributed by atoms with E-state index in [0.717, 1.165) is 44.0 Å². The number of phenolic OH excluding ortho intramolecular Hbond substituents is 1. The first-order valence-electron chi connectivity index (χ1n) is 12.4. The standard InChI is InChI=1S/C29H33FN2O2/c30-24-6-8-25(9-7-24)32-17-14-23-21-26(33)10-13-28(23)29(32)20-22-4-11-27(12-5-22)34-19-18-31-15-2-1-3-16-31/h4-13,21,29,33H,1-3,14-20H2. The van der Waals surface area contributed by atoms with Crippen LogP contribution in [-0.2, 0) is 12.8 Å². The summed E-state index contributed by atoms with van der Waals surface area (Å²) in [5.74, 6) is 0.988. The highest BCUT2D eigenvalue weighted by Crippen LogP contribution is 2.37. The molecule has 3 aromatic carbocycles. The summed E-state index contributed by atoms with van der Waals surface area (Å²) >= 11 is 0. The molecule has 1 saturated heterocycles. The number of nitrogens with zero attached hydrogens (tertiary/aromatic N) is 2.